The molecule has 5 aliphatic rings. The molecule has 0 aromatic heterocycles. The lowest BCUT2D eigenvalue weighted by Gasteiger charge is -2.68. The van der Waals surface area contributed by atoms with E-state index in [2.05, 4.69) is 34.6 Å². The first kappa shape index (κ1) is 19.0. The van der Waals surface area contributed by atoms with E-state index in [9.17, 15) is 0 Å². The number of rotatable bonds is 1. The van der Waals surface area contributed by atoms with Crippen LogP contribution in [0.5, 0.6) is 0 Å². The molecular formula is C27H46. The fraction of sp³-hybridized carbons (Fsp3) is 1.00. The number of fused-ring (bicyclic) bond motifs is 7. The van der Waals surface area contributed by atoms with Gasteiger partial charge in [-0.15, -0.1) is 0 Å². The summed E-state index contributed by atoms with van der Waals surface area (Å²) in [4.78, 5) is 0. The molecule has 0 heteroatoms. The Morgan fingerprint density at radius 3 is 1.96 bits per heavy atom. The lowest BCUT2D eigenvalue weighted by atomic mass is 9.36. The molecule has 0 spiro atoms. The van der Waals surface area contributed by atoms with Crippen LogP contribution in [0.1, 0.15) is 112 Å². The largest absolute Gasteiger partial charge is 0.0651 e. The second-order valence-electron chi connectivity index (χ2n) is 12.9. The van der Waals surface area contributed by atoms with Crippen LogP contribution in [0.15, 0.2) is 0 Å². The molecule has 5 aliphatic carbocycles. The average molecular weight is 371 g/mol. The van der Waals surface area contributed by atoms with Crippen molar-refractivity contribution in [2.24, 2.45) is 57.7 Å². The summed E-state index contributed by atoms with van der Waals surface area (Å²) in [5.41, 5.74) is 1.89. The van der Waals surface area contributed by atoms with Gasteiger partial charge in [0.2, 0.25) is 0 Å². The van der Waals surface area contributed by atoms with Gasteiger partial charge in [-0.2, -0.15) is 0 Å². The van der Waals surface area contributed by atoms with Crippen LogP contribution in [0.4, 0.5) is 0 Å². The van der Waals surface area contributed by atoms with E-state index in [1.807, 2.05) is 0 Å². The van der Waals surface area contributed by atoms with Crippen LogP contribution in [0, 0.1) is 57.7 Å². The van der Waals surface area contributed by atoms with Crippen LogP contribution < -0.4 is 0 Å². The van der Waals surface area contributed by atoms with E-state index >= 15 is 0 Å². The zero-order valence-electron chi connectivity index (χ0n) is 19.0. The van der Waals surface area contributed by atoms with Gasteiger partial charge in [0.15, 0.2) is 0 Å². The molecule has 0 saturated heterocycles. The van der Waals surface area contributed by atoms with Crippen LogP contribution in [0.2, 0.25) is 0 Å². The minimum absolute atomic E-state index is 0.611. The van der Waals surface area contributed by atoms with Gasteiger partial charge >= 0.3 is 0 Å². The van der Waals surface area contributed by atoms with Crippen molar-refractivity contribution in [1.82, 2.24) is 0 Å². The Kier molecular flexibility index (Phi) is 4.39. The van der Waals surface area contributed by atoms with Crippen molar-refractivity contribution in [1.29, 1.82) is 0 Å². The summed E-state index contributed by atoms with van der Waals surface area (Å²) < 4.78 is 0. The van der Waals surface area contributed by atoms with Crippen LogP contribution in [-0.4, -0.2) is 0 Å². The van der Waals surface area contributed by atoms with Crippen LogP contribution in [0.25, 0.3) is 0 Å². The van der Waals surface area contributed by atoms with Gasteiger partial charge in [-0.05, 0) is 122 Å². The van der Waals surface area contributed by atoms with Gasteiger partial charge < -0.3 is 0 Å². The molecule has 0 heterocycles. The van der Waals surface area contributed by atoms with Crippen molar-refractivity contribution >= 4 is 0 Å². The second kappa shape index (κ2) is 6.25. The minimum Gasteiger partial charge on any atom is -0.0651 e. The summed E-state index contributed by atoms with van der Waals surface area (Å²) in [7, 11) is 0. The fourth-order valence-electron chi connectivity index (χ4n) is 10.6. The topological polar surface area (TPSA) is 0 Å². The third kappa shape index (κ3) is 2.46. The molecule has 5 saturated carbocycles. The molecule has 27 heavy (non-hydrogen) atoms. The van der Waals surface area contributed by atoms with E-state index in [0.29, 0.717) is 16.2 Å². The Labute approximate surface area is 169 Å². The molecule has 5 rings (SSSR count). The molecule has 5 fully saturated rings. The van der Waals surface area contributed by atoms with Crippen molar-refractivity contribution in [2.45, 2.75) is 112 Å². The lowest BCUT2D eigenvalue weighted by Crippen LogP contribution is -2.61. The van der Waals surface area contributed by atoms with Crippen LogP contribution in [-0.2, 0) is 0 Å². The molecule has 0 aliphatic heterocycles. The maximum Gasteiger partial charge on any atom is -0.0238 e. The molecule has 9 atom stereocenters. The standard InChI is InChI=1S/C27H46/c1-6-18-9-10-20-19(18)13-16-26(4)23(20)11-12-24-21-8-7-15-25(2,3)22(21)14-17-27(24,26)5/h18-24H,6-17H2,1-5H3/t18-,19-,20+,21+,22-,23-,24-,26-,27-/m1/s1. The smallest absolute Gasteiger partial charge is 0.0238 e. The first-order valence-electron chi connectivity index (χ1n) is 12.8. The maximum atomic E-state index is 2.80. The van der Waals surface area contributed by atoms with Gasteiger partial charge in [-0.3, -0.25) is 0 Å². The third-order valence-electron chi connectivity index (χ3n) is 12.2. The summed E-state index contributed by atoms with van der Waals surface area (Å²) in [6, 6.07) is 0. The fourth-order valence-corrected chi connectivity index (χ4v) is 10.6. The van der Waals surface area contributed by atoms with Gasteiger partial charge in [0, 0.05) is 0 Å². The number of hydrogen-bond donors (Lipinski definition) is 0. The normalized spacial score (nSPS) is 56.6. The summed E-state index contributed by atoms with van der Waals surface area (Å²) in [5.74, 6) is 7.43. The highest BCUT2D eigenvalue weighted by Crippen LogP contribution is 2.73. The number of hydrogen-bond acceptors (Lipinski definition) is 0. The summed E-state index contributed by atoms with van der Waals surface area (Å²) >= 11 is 0. The highest BCUT2D eigenvalue weighted by Gasteiger charge is 2.65. The molecule has 0 aromatic rings. The summed E-state index contributed by atoms with van der Waals surface area (Å²) in [5, 5.41) is 0. The lowest BCUT2D eigenvalue weighted by molar-refractivity contribution is -0.196. The zero-order chi connectivity index (χ0) is 19.0. The van der Waals surface area contributed by atoms with Crippen LogP contribution >= 0.6 is 0 Å². The minimum atomic E-state index is 0.611. The van der Waals surface area contributed by atoms with Gasteiger partial charge in [0.25, 0.3) is 0 Å². The second-order valence-corrected chi connectivity index (χ2v) is 12.9. The van der Waals surface area contributed by atoms with E-state index in [1.54, 1.807) is 57.8 Å². The molecule has 154 valence electrons. The molecule has 0 aromatic carbocycles. The monoisotopic (exact) mass is 370 g/mol. The van der Waals surface area contributed by atoms with Crippen molar-refractivity contribution in [3.8, 4) is 0 Å². The van der Waals surface area contributed by atoms with Gasteiger partial charge in [-0.1, -0.05) is 47.5 Å². The Morgan fingerprint density at radius 1 is 0.593 bits per heavy atom. The van der Waals surface area contributed by atoms with E-state index in [-0.39, 0.29) is 0 Å². The van der Waals surface area contributed by atoms with Gasteiger partial charge in [0.05, 0.1) is 0 Å². The predicted octanol–water partition coefficient (Wildman–Crippen LogP) is 8.11. The first-order chi connectivity index (χ1) is 12.8. The van der Waals surface area contributed by atoms with E-state index in [4.69, 9.17) is 0 Å². The van der Waals surface area contributed by atoms with Crippen molar-refractivity contribution in [3.05, 3.63) is 0 Å². The molecule has 0 nitrogen and oxygen atoms in total. The zero-order valence-corrected chi connectivity index (χ0v) is 19.0. The van der Waals surface area contributed by atoms with Gasteiger partial charge in [-0.25, -0.2) is 0 Å². The van der Waals surface area contributed by atoms with E-state index in [0.717, 1.165) is 41.4 Å². The molecule has 0 bridgehead atoms. The Hall–Kier alpha value is 0. The SMILES string of the molecule is CC[C@@H]1CC[C@H]2[C@@H]1CC[C@]1(C)[C@@H]2CC[C@@H]2[C@H]3CCCC(C)(C)[C@@H]3CC[C@]21C. The molecule has 0 N–H and O–H groups in total. The molecule has 0 amide bonds. The molecule has 0 radical (unpaired) electrons. The van der Waals surface area contributed by atoms with Crippen molar-refractivity contribution < 1.29 is 0 Å². The average Bonchev–Trinajstić information content (AvgIpc) is 3.04. The summed E-state index contributed by atoms with van der Waals surface area (Å²) in [6.07, 6.45) is 18.5. The van der Waals surface area contributed by atoms with Gasteiger partial charge in [0.1, 0.15) is 0 Å². The van der Waals surface area contributed by atoms with E-state index < -0.39 is 0 Å². The summed E-state index contributed by atoms with van der Waals surface area (Å²) in [6.45, 7) is 13.3. The Bertz CT molecular complexity index is 575. The molecular weight excluding hydrogens is 324 g/mol. The first-order valence-corrected chi connectivity index (χ1v) is 12.8. The maximum absolute atomic E-state index is 2.80. The molecule has 0 unspecified atom stereocenters. The van der Waals surface area contributed by atoms with Crippen LogP contribution in [0.3, 0.4) is 0 Å². The Morgan fingerprint density at radius 2 is 1.26 bits per heavy atom. The Balaban J connectivity index is 1.46. The van der Waals surface area contributed by atoms with Crippen molar-refractivity contribution in [2.75, 3.05) is 0 Å². The quantitative estimate of drug-likeness (QED) is 0.437. The third-order valence-corrected chi connectivity index (χ3v) is 12.2. The highest BCUT2D eigenvalue weighted by atomic mass is 14.7. The predicted molar refractivity (Wildman–Crippen MR) is 116 cm³/mol. The van der Waals surface area contributed by atoms with E-state index in [1.165, 1.54) is 19.3 Å². The highest BCUT2D eigenvalue weighted by molar-refractivity contribution is 5.13. The van der Waals surface area contributed by atoms with Crippen molar-refractivity contribution in [3.63, 3.8) is 0 Å².